The van der Waals surface area contributed by atoms with Crippen LogP contribution in [-0.4, -0.2) is 67.4 Å². The molecule has 0 spiro atoms. The van der Waals surface area contributed by atoms with Crippen LogP contribution in [0.2, 0.25) is 0 Å². The first kappa shape index (κ1) is 14.8. The Bertz CT molecular complexity index is 452. The van der Waals surface area contributed by atoms with Crippen LogP contribution >= 0.6 is 0 Å². The van der Waals surface area contributed by atoms with Crippen LogP contribution in [0.15, 0.2) is 24.3 Å². The lowest BCUT2D eigenvalue weighted by molar-refractivity contribution is 0.189. The maximum absolute atomic E-state index is 9.08. The molecule has 0 saturated carbocycles. The molecule has 0 aromatic heterocycles. The van der Waals surface area contributed by atoms with Gasteiger partial charge in [0.25, 0.3) is 0 Å². The van der Waals surface area contributed by atoms with E-state index >= 15 is 0 Å². The number of hydrogen-bond acceptors (Lipinski definition) is 4. The van der Waals surface area contributed by atoms with E-state index in [9.17, 15) is 0 Å². The molecule has 1 atom stereocenters. The molecule has 0 radical (unpaired) electrons. The number of nitrogens with zero attached hydrogens (tertiary/aromatic N) is 2. The van der Waals surface area contributed by atoms with E-state index in [0.717, 1.165) is 51.5 Å². The monoisotopic (exact) mass is 290 g/mol. The summed E-state index contributed by atoms with van der Waals surface area (Å²) in [7, 11) is 0. The lowest BCUT2D eigenvalue weighted by Crippen LogP contribution is -2.35. The predicted molar refractivity (Wildman–Crippen MR) is 83.9 cm³/mol. The van der Waals surface area contributed by atoms with Crippen molar-refractivity contribution in [3.05, 3.63) is 29.8 Å². The van der Waals surface area contributed by atoms with Crippen molar-refractivity contribution in [1.29, 1.82) is 0 Å². The molecule has 116 valence electrons. The smallest absolute Gasteiger partial charge is 0.122 e. The van der Waals surface area contributed by atoms with Gasteiger partial charge in [-0.05, 0) is 37.6 Å². The number of rotatable bonds is 4. The van der Waals surface area contributed by atoms with Gasteiger partial charge in [0.05, 0.1) is 13.2 Å². The van der Waals surface area contributed by atoms with Crippen LogP contribution < -0.4 is 4.74 Å². The standard InChI is InChI=1S/C17H26N2O2/c20-12-11-18-7-3-8-19(10-9-18)14-15-6-13-21-17-5-2-1-4-16(15)17/h1-2,4-5,15,20H,3,6-14H2. The van der Waals surface area contributed by atoms with Gasteiger partial charge in [-0.1, -0.05) is 18.2 Å². The SMILES string of the molecule is OCCN1CCCN(CC2CCOc3ccccc32)CC1. The molecule has 0 aliphatic carbocycles. The minimum atomic E-state index is 0.271. The summed E-state index contributed by atoms with van der Waals surface area (Å²) in [6, 6.07) is 8.48. The summed E-state index contributed by atoms with van der Waals surface area (Å²) in [5.41, 5.74) is 1.38. The van der Waals surface area contributed by atoms with E-state index < -0.39 is 0 Å². The highest BCUT2D eigenvalue weighted by molar-refractivity contribution is 5.37. The quantitative estimate of drug-likeness (QED) is 0.913. The maximum Gasteiger partial charge on any atom is 0.122 e. The van der Waals surface area contributed by atoms with Crippen molar-refractivity contribution in [3.63, 3.8) is 0 Å². The molecule has 1 aromatic rings. The molecular formula is C17H26N2O2. The lowest BCUT2D eigenvalue weighted by Gasteiger charge is -2.30. The van der Waals surface area contributed by atoms with Crippen LogP contribution in [0, 0.1) is 0 Å². The molecule has 4 heteroatoms. The summed E-state index contributed by atoms with van der Waals surface area (Å²) in [6.45, 7) is 7.52. The Morgan fingerprint density at radius 2 is 1.90 bits per heavy atom. The molecule has 1 unspecified atom stereocenters. The van der Waals surface area contributed by atoms with Crippen LogP contribution in [0.3, 0.4) is 0 Å². The molecule has 1 saturated heterocycles. The topological polar surface area (TPSA) is 35.9 Å². The van der Waals surface area contributed by atoms with E-state index in [-0.39, 0.29) is 6.61 Å². The highest BCUT2D eigenvalue weighted by Gasteiger charge is 2.24. The van der Waals surface area contributed by atoms with Crippen molar-refractivity contribution in [2.24, 2.45) is 0 Å². The van der Waals surface area contributed by atoms with E-state index in [2.05, 4.69) is 34.1 Å². The molecular weight excluding hydrogens is 264 g/mol. The zero-order valence-electron chi connectivity index (χ0n) is 12.7. The molecule has 1 aromatic carbocycles. The third-order valence-corrected chi connectivity index (χ3v) is 4.66. The Hall–Kier alpha value is -1.10. The fourth-order valence-corrected chi connectivity index (χ4v) is 3.49. The highest BCUT2D eigenvalue weighted by atomic mass is 16.5. The van der Waals surface area contributed by atoms with E-state index in [1.807, 2.05) is 0 Å². The summed E-state index contributed by atoms with van der Waals surface area (Å²) in [5.74, 6) is 1.67. The number of fused-ring (bicyclic) bond motifs is 1. The van der Waals surface area contributed by atoms with Gasteiger partial charge in [0, 0.05) is 32.1 Å². The number of benzene rings is 1. The fraction of sp³-hybridized carbons (Fsp3) is 0.647. The summed E-state index contributed by atoms with van der Waals surface area (Å²) in [5, 5.41) is 9.08. The second-order valence-electron chi connectivity index (χ2n) is 6.09. The predicted octanol–water partition coefficient (Wildman–Crippen LogP) is 1.55. The van der Waals surface area contributed by atoms with Gasteiger partial charge in [0.15, 0.2) is 0 Å². The second kappa shape index (κ2) is 7.25. The van der Waals surface area contributed by atoms with Gasteiger partial charge in [0.1, 0.15) is 5.75 Å². The van der Waals surface area contributed by atoms with Gasteiger partial charge in [-0.2, -0.15) is 0 Å². The zero-order chi connectivity index (χ0) is 14.5. The maximum atomic E-state index is 9.08. The molecule has 4 nitrogen and oxygen atoms in total. The van der Waals surface area contributed by atoms with Gasteiger partial charge < -0.3 is 14.7 Å². The minimum absolute atomic E-state index is 0.271. The number of aliphatic hydroxyl groups excluding tert-OH is 1. The van der Waals surface area contributed by atoms with E-state index in [4.69, 9.17) is 9.84 Å². The Kier molecular flexibility index (Phi) is 5.12. The van der Waals surface area contributed by atoms with Gasteiger partial charge in [-0.3, -0.25) is 4.90 Å². The van der Waals surface area contributed by atoms with Crippen molar-refractivity contribution in [3.8, 4) is 5.75 Å². The lowest BCUT2D eigenvalue weighted by atomic mass is 9.92. The normalized spacial score (nSPS) is 24.1. The molecule has 21 heavy (non-hydrogen) atoms. The molecule has 3 rings (SSSR count). The number of hydrogen-bond donors (Lipinski definition) is 1. The first-order valence-electron chi connectivity index (χ1n) is 8.14. The molecule has 1 N–H and O–H groups in total. The molecule has 2 heterocycles. The van der Waals surface area contributed by atoms with Crippen LogP contribution in [0.5, 0.6) is 5.75 Å². The minimum Gasteiger partial charge on any atom is -0.493 e. The van der Waals surface area contributed by atoms with Crippen molar-refractivity contribution in [2.45, 2.75) is 18.8 Å². The van der Waals surface area contributed by atoms with Crippen molar-refractivity contribution in [1.82, 2.24) is 9.80 Å². The average molecular weight is 290 g/mol. The molecule has 0 bridgehead atoms. The Morgan fingerprint density at radius 1 is 1.10 bits per heavy atom. The number of ether oxygens (including phenoxy) is 1. The number of β-amino-alcohol motifs (C(OH)–C–C–N with tert-alkyl or cyclic N) is 1. The summed E-state index contributed by atoms with van der Waals surface area (Å²) >= 11 is 0. The van der Waals surface area contributed by atoms with E-state index in [1.54, 1.807) is 0 Å². The van der Waals surface area contributed by atoms with Crippen LogP contribution in [0.25, 0.3) is 0 Å². The summed E-state index contributed by atoms with van der Waals surface area (Å²) in [6.07, 6.45) is 2.32. The number of para-hydroxylation sites is 1. The van der Waals surface area contributed by atoms with Crippen molar-refractivity contribution in [2.75, 3.05) is 52.5 Å². The first-order valence-corrected chi connectivity index (χ1v) is 8.14. The van der Waals surface area contributed by atoms with Gasteiger partial charge in [-0.15, -0.1) is 0 Å². The molecule has 1 fully saturated rings. The van der Waals surface area contributed by atoms with Crippen LogP contribution in [-0.2, 0) is 0 Å². The fourth-order valence-electron chi connectivity index (χ4n) is 3.49. The molecule has 2 aliphatic rings. The summed E-state index contributed by atoms with van der Waals surface area (Å²) in [4.78, 5) is 4.96. The van der Waals surface area contributed by atoms with E-state index in [1.165, 1.54) is 18.5 Å². The largest absolute Gasteiger partial charge is 0.493 e. The van der Waals surface area contributed by atoms with Crippen LogP contribution in [0.4, 0.5) is 0 Å². The summed E-state index contributed by atoms with van der Waals surface area (Å²) < 4.78 is 5.76. The second-order valence-corrected chi connectivity index (χ2v) is 6.09. The van der Waals surface area contributed by atoms with Crippen LogP contribution in [0.1, 0.15) is 24.3 Å². The first-order chi connectivity index (χ1) is 10.4. The average Bonchev–Trinajstić information content (AvgIpc) is 2.74. The molecule has 0 amide bonds. The van der Waals surface area contributed by atoms with Crippen molar-refractivity contribution < 1.29 is 9.84 Å². The Labute approximate surface area is 127 Å². The Morgan fingerprint density at radius 3 is 2.81 bits per heavy atom. The van der Waals surface area contributed by atoms with E-state index in [0.29, 0.717) is 5.92 Å². The molecule has 2 aliphatic heterocycles. The third kappa shape index (κ3) is 3.76. The van der Waals surface area contributed by atoms with Gasteiger partial charge in [0.2, 0.25) is 0 Å². The van der Waals surface area contributed by atoms with Gasteiger partial charge >= 0.3 is 0 Å². The van der Waals surface area contributed by atoms with Crippen molar-refractivity contribution >= 4 is 0 Å². The highest BCUT2D eigenvalue weighted by Crippen LogP contribution is 2.33. The third-order valence-electron chi connectivity index (χ3n) is 4.66. The zero-order valence-corrected chi connectivity index (χ0v) is 12.7. The number of aliphatic hydroxyl groups is 1. The van der Waals surface area contributed by atoms with Gasteiger partial charge in [-0.25, -0.2) is 0 Å². The Balaban J connectivity index is 1.60.